The van der Waals surface area contributed by atoms with Gasteiger partial charge < -0.3 is 45.1 Å². The summed E-state index contributed by atoms with van der Waals surface area (Å²) in [5.74, 6) is -0.0404. The van der Waals surface area contributed by atoms with Crippen LogP contribution in [0.3, 0.4) is 0 Å². The number of anilines is 3. The molecule has 270 valence electrons. The molecule has 0 unspecified atom stereocenters. The highest BCUT2D eigenvalue weighted by Gasteiger charge is 2.31. The number of methoxy groups -OCH3 is 1. The number of nitrogens with one attached hydrogen (secondary N) is 3. The third kappa shape index (κ3) is 10.8. The molecule has 0 saturated heterocycles. The summed E-state index contributed by atoms with van der Waals surface area (Å²) in [5.41, 5.74) is 1.57. The molecule has 0 fully saturated rings. The molecular formula is C37H48FN5O7. The number of hydrogen-bond acceptors (Lipinski definition) is 7. The fourth-order valence-corrected chi connectivity index (χ4v) is 5.54. The number of aliphatic hydroxyl groups excluding tert-OH is 1. The van der Waals surface area contributed by atoms with E-state index in [9.17, 15) is 23.9 Å². The predicted octanol–water partition coefficient (Wildman–Crippen LogP) is 6.44. The van der Waals surface area contributed by atoms with Gasteiger partial charge in [-0.15, -0.1) is 0 Å². The van der Waals surface area contributed by atoms with Crippen LogP contribution in [0.4, 0.5) is 31.0 Å². The highest BCUT2D eigenvalue weighted by atomic mass is 19.1. The van der Waals surface area contributed by atoms with Gasteiger partial charge in [0.05, 0.1) is 37.5 Å². The van der Waals surface area contributed by atoms with Crippen LogP contribution in [0.1, 0.15) is 50.4 Å². The third-order valence-corrected chi connectivity index (χ3v) is 8.55. The zero-order valence-electron chi connectivity index (χ0n) is 29.3. The number of amides is 5. The monoisotopic (exact) mass is 693 g/mol. The maximum Gasteiger partial charge on any atom is 0.323 e. The summed E-state index contributed by atoms with van der Waals surface area (Å²) in [6.07, 6.45) is 1.64. The quantitative estimate of drug-likeness (QED) is 0.213. The van der Waals surface area contributed by atoms with E-state index in [1.807, 2.05) is 13.8 Å². The van der Waals surface area contributed by atoms with Crippen LogP contribution in [0.15, 0.2) is 66.7 Å². The molecule has 0 radical (unpaired) electrons. The van der Waals surface area contributed by atoms with E-state index in [0.717, 1.165) is 12.8 Å². The number of carbonyl (C=O) groups excluding carboxylic acids is 3. The van der Waals surface area contributed by atoms with E-state index in [1.165, 1.54) is 24.3 Å². The Balaban J connectivity index is 1.56. The van der Waals surface area contributed by atoms with Gasteiger partial charge in [-0.1, -0.05) is 6.92 Å². The average Bonchev–Trinajstić information content (AvgIpc) is 3.10. The highest BCUT2D eigenvalue weighted by Crippen LogP contribution is 2.29. The minimum atomic E-state index is -0.575. The van der Waals surface area contributed by atoms with Crippen LogP contribution in [0.5, 0.6) is 11.5 Å². The normalized spacial score (nSPS) is 19.2. The molecule has 4 N–H and O–H groups in total. The fourth-order valence-electron chi connectivity index (χ4n) is 5.54. The van der Waals surface area contributed by atoms with Crippen molar-refractivity contribution in [2.24, 2.45) is 5.92 Å². The van der Waals surface area contributed by atoms with Gasteiger partial charge in [0.15, 0.2) is 0 Å². The fraction of sp³-hybridized carbons (Fsp3) is 0.432. The number of nitrogens with zero attached hydrogens (tertiary/aromatic N) is 2. The first kappa shape index (κ1) is 37.9. The van der Waals surface area contributed by atoms with Gasteiger partial charge in [0.1, 0.15) is 17.3 Å². The zero-order chi connectivity index (χ0) is 36.2. The van der Waals surface area contributed by atoms with Crippen LogP contribution in [-0.2, 0) is 4.74 Å². The molecule has 0 aliphatic carbocycles. The molecule has 4 rings (SSSR count). The van der Waals surface area contributed by atoms with Crippen molar-refractivity contribution in [3.05, 3.63) is 78.1 Å². The van der Waals surface area contributed by atoms with E-state index < -0.39 is 29.9 Å². The van der Waals surface area contributed by atoms with E-state index in [2.05, 4.69) is 16.0 Å². The van der Waals surface area contributed by atoms with Crippen molar-refractivity contribution in [2.45, 2.75) is 58.3 Å². The summed E-state index contributed by atoms with van der Waals surface area (Å²) in [5, 5.41) is 18.5. The maximum atomic E-state index is 14.4. The average molecular weight is 694 g/mol. The Morgan fingerprint density at radius 3 is 2.32 bits per heavy atom. The van der Waals surface area contributed by atoms with Crippen LogP contribution < -0.4 is 25.4 Å². The lowest BCUT2D eigenvalue weighted by Crippen LogP contribution is -2.48. The van der Waals surface area contributed by atoms with Crippen LogP contribution in [0.2, 0.25) is 0 Å². The standard InChI is InChI=1S/C37H48FN5O7/c1-24-21-43(25(2)23-44)35(45)32-20-30(40-36(46)39-28-11-9-27(38)10-12-28)15-18-33(32)50-26(3)8-6-7-19-49-34(24)22-42(4)37(47)41-29-13-16-31(48-5)17-14-29/h9-18,20,24-26,34,44H,6-8,19,21-23H2,1-5H3,(H,41,47)(H2,39,40,46)/t24-,25-,26-,34+/m0/s1. The molecule has 1 aliphatic rings. The number of rotatable bonds is 8. The molecular weight excluding hydrogens is 645 g/mol. The van der Waals surface area contributed by atoms with Gasteiger partial charge in [0, 0.05) is 49.7 Å². The molecule has 12 nitrogen and oxygen atoms in total. The van der Waals surface area contributed by atoms with Crippen LogP contribution >= 0.6 is 0 Å². The molecule has 0 aromatic heterocycles. The Labute approximate surface area is 292 Å². The van der Waals surface area contributed by atoms with Crippen molar-refractivity contribution < 1.29 is 38.1 Å². The van der Waals surface area contributed by atoms with Crippen molar-refractivity contribution in [1.29, 1.82) is 0 Å². The predicted molar refractivity (Wildman–Crippen MR) is 191 cm³/mol. The summed E-state index contributed by atoms with van der Waals surface area (Å²) >= 11 is 0. The van der Waals surface area contributed by atoms with E-state index in [4.69, 9.17) is 14.2 Å². The number of hydrogen-bond donors (Lipinski definition) is 4. The lowest BCUT2D eigenvalue weighted by atomic mass is 10.0. The Morgan fingerprint density at radius 2 is 1.64 bits per heavy atom. The second-order valence-electron chi connectivity index (χ2n) is 12.6. The van der Waals surface area contributed by atoms with Crippen LogP contribution in [0.25, 0.3) is 0 Å². The molecule has 0 bridgehead atoms. The second-order valence-corrected chi connectivity index (χ2v) is 12.6. The molecule has 1 aliphatic heterocycles. The number of likely N-dealkylation sites (N-methyl/N-ethyl adjacent to an activating group) is 1. The summed E-state index contributed by atoms with van der Waals surface area (Å²) < 4.78 is 31.1. The largest absolute Gasteiger partial charge is 0.497 e. The first-order valence-electron chi connectivity index (χ1n) is 16.8. The summed E-state index contributed by atoms with van der Waals surface area (Å²) in [6, 6.07) is 15.8. The van der Waals surface area contributed by atoms with Gasteiger partial charge in [0.25, 0.3) is 5.91 Å². The molecule has 3 aromatic carbocycles. The molecule has 13 heteroatoms. The van der Waals surface area contributed by atoms with Gasteiger partial charge in [0.2, 0.25) is 0 Å². The Hall–Kier alpha value is -4.88. The molecule has 5 amide bonds. The number of carbonyl (C=O) groups is 3. The Bertz CT molecular complexity index is 1570. The van der Waals surface area contributed by atoms with Crippen molar-refractivity contribution in [1.82, 2.24) is 9.80 Å². The zero-order valence-corrected chi connectivity index (χ0v) is 29.3. The van der Waals surface area contributed by atoms with Crippen LogP contribution in [0, 0.1) is 11.7 Å². The molecule has 0 saturated carbocycles. The van der Waals surface area contributed by atoms with Crippen molar-refractivity contribution >= 4 is 35.0 Å². The molecule has 50 heavy (non-hydrogen) atoms. The maximum absolute atomic E-state index is 14.4. The van der Waals surface area contributed by atoms with Crippen molar-refractivity contribution in [3.63, 3.8) is 0 Å². The lowest BCUT2D eigenvalue weighted by molar-refractivity contribution is -0.0115. The van der Waals surface area contributed by atoms with Crippen molar-refractivity contribution in [2.75, 3.05) is 56.4 Å². The smallest absolute Gasteiger partial charge is 0.323 e. The summed E-state index contributed by atoms with van der Waals surface area (Å²) in [4.78, 5) is 43.4. The Kier molecular flexibility index (Phi) is 13.8. The first-order valence-corrected chi connectivity index (χ1v) is 16.8. The summed E-state index contributed by atoms with van der Waals surface area (Å²) in [7, 11) is 3.27. The van der Waals surface area contributed by atoms with Crippen molar-refractivity contribution in [3.8, 4) is 11.5 Å². The minimum Gasteiger partial charge on any atom is -0.497 e. The van der Waals surface area contributed by atoms with E-state index in [0.29, 0.717) is 41.6 Å². The molecule has 0 spiro atoms. The highest BCUT2D eigenvalue weighted by molar-refractivity contribution is 6.02. The van der Waals surface area contributed by atoms with Gasteiger partial charge in [-0.25, -0.2) is 14.0 Å². The Morgan fingerprint density at radius 1 is 1.00 bits per heavy atom. The number of halogens is 1. The lowest BCUT2D eigenvalue weighted by Gasteiger charge is -2.35. The third-order valence-electron chi connectivity index (χ3n) is 8.55. The SMILES string of the molecule is COc1ccc(NC(=O)N(C)C[C@H]2OCCCC[C@H](C)Oc3ccc(NC(=O)Nc4ccc(F)cc4)cc3C(=O)N([C@@H](C)CO)C[C@@H]2C)cc1. The van der Waals surface area contributed by atoms with Gasteiger partial charge >= 0.3 is 12.1 Å². The van der Waals surface area contributed by atoms with Gasteiger partial charge in [-0.3, -0.25) is 4.79 Å². The summed E-state index contributed by atoms with van der Waals surface area (Å²) in [6.45, 7) is 6.26. The number of benzene rings is 3. The van der Waals surface area contributed by atoms with Crippen LogP contribution in [-0.4, -0.2) is 91.6 Å². The number of urea groups is 2. The number of fused-ring (bicyclic) bond motifs is 1. The number of ether oxygens (including phenoxy) is 3. The van der Waals surface area contributed by atoms with Gasteiger partial charge in [-0.2, -0.15) is 0 Å². The topological polar surface area (TPSA) is 142 Å². The minimum absolute atomic E-state index is 0.205. The number of aliphatic hydroxyl groups is 1. The molecule has 4 atom stereocenters. The molecule has 3 aromatic rings. The van der Waals surface area contributed by atoms with E-state index >= 15 is 0 Å². The molecule has 1 heterocycles. The first-order chi connectivity index (χ1) is 24.0. The van der Waals surface area contributed by atoms with E-state index in [1.54, 1.807) is 73.3 Å². The van der Waals surface area contributed by atoms with Gasteiger partial charge in [-0.05, 0) is 99.8 Å². The second kappa shape index (κ2) is 18.2. The van der Waals surface area contributed by atoms with E-state index in [-0.39, 0.29) is 43.3 Å².